The number of anilines is 1. The Balaban J connectivity index is 2.09. The van der Waals surface area contributed by atoms with E-state index in [9.17, 15) is 0 Å². The molecule has 2 aromatic rings. The maximum Gasteiger partial charge on any atom is 0.0503 e. The van der Waals surface area contributed by atoms with Crippen molar-refractivity contribution in [3.63, 3.8) is 0 Å². The Labute approximate surface area is 131 Å². The molecule has 1 atom stereocenters. The van der Waals surface area contributed by atoms with Crippen molar-refractivity contribution in [3.8, 4) is 0 Å². The summed E-state index contributed by atoms with van der Waals surface area (Å²) in [6.45, 7) is 2.94. The van der Waals surface area contributed by atoms with Crippen molar-refractivity contribution in [2.24, 2.45) is 0 Å². The quantitative estimate of drug-likeness (QED) is 0.744. The first-order valence-corrected chi connectivity index (χ1v) is 8.44. The smallest absolute Gasteiger partial charge is 0.0503 e. The normalized spacial score (nSPS) is 12.1. The zero-order chi connectivity index (χ0) is 15.1. The van der Waals surface area contributed by atoms with Gasteiger partial charge < -0.3 is 10.1 Å². The van der Waals surface area contributed by atoms with Crippen molar-refractivity contribution in [2.45, 2.75) is 24.3 Å². The lowest BCUT2D eigenvalue weighted by molar-refractivity contribution is 0.202. The number of nitrogens with one attached hydrogen (secondary N) is 1. The van der Waals surface area contributed by atoms with Crippen LogP contribution in [0.15, 0.2) is 53.4 Å². The second-order valence-corrected chi connectivity index (χ2v) is 5.92. The van der Waals surface area contributed by atoms with Gasteiger partial charge >= 0.3 is 0 Å². The van der Waals surface area contributed by atoms with Crippen LogP contribution in [0.25, 0.3) is 0 Å². The molecule has 0 aliphatic rings. The molecule has 0 radical (unpaired) electrons. The molecular weight excluding hydrogens is 278 g/mol. The van der Waals surface area contributed by atoms with Crippen molar-refractivity contribution in [2.75, 3.05) is 25.3 Å². The Bertz CT molecular complexity index is 553. The van der Waals surface area contributed by atoms with Crippen LogP contribution in [0.4, 0.5) is 5.69 Å². The number of ether oxygens (including phenoxy) is 1. The summed E-state index contributed by atoms with van der Waals surface area (Å²) in [5, 5.41) is 3.61. The lowest BCUT2D eigenvalue weighted by Crippen LogP contribution is -2.09. The molecule has 0 saturated heterocycles. The van der Waals surface area contributed by atoms with Crippen LogP contribution >= 0.6 is 11.8 Å². The van der Waals surface area contributed by atoms with E-state index in [1.54, 1.807) is 18.9 Å². The van der Waals surface area contributed by atoms with Gasteiger partial charge in [-0.2, -0.15) is 0 Å². The number of hydrogen-bond acceptors (Lipinski definition) is 3. The van der Waals surface area contributed by atoms with Gasteiger partial charge in [0.2, 0.25) is 0 Å². The molecule has 0 aliphatic heterocycles. The summed E-state index contributed by atoms with van der Waals surface area (Å²) in [7, 11) is 1.74. The molecule has 21 heavy (non-hydrogen) atoms. The third-order valence-electron chi connectivity index (χ3n) is 3.58. The molecule has 3 heteroatoms. The first-order valence-electron chi connectivity index (χ1n) is 7.22. The van der Waals surface area contributed by atoms with Gasteiger partial charge in [-0.3, -0.25) is 0 Å². The molecule has 2 nitrogen and oxygen atoms in total. The van der Waals surface area contributed by atoms with Gasteiger partial charge in [0.15, 0.2) is 0 Å². The summed E-state index contributed by atoms with van der Waals surface area (Å²) in [4.78, 5) is 1.30. The predicted molar refractivity (Wildman–Crippen MR) is 92.3 cm³/mol. The lowest BCUT2D eigenvalue weighted by Gasteiger charge is -2.19. The summed E-state index contributed by atoms with van der Waals surface area (Å²) in [5.74, 6) is 0. The zero-order valence-electron chi connectivity index (χ0n) is 12.9. The summed E-state index contributed by atoms with van der Waals surface area (Å²) in [6.07, 6.45) is 3.03. The number of rotatable bonds is 7. The largest absolute Gasteiger partial charge is 0.384 e. The van der Waals surface area contributed by atoms with Gasteiger partial charge in [-0.15, -0.1) is 11.8 Å². The van der Waals surface area contributed by atoms with Crippen LogP contribution in [0.5, 0.6) is 0 Å². The van der Waals surface area contributed by atoms with Crippen molar-refractivity contribution in [3.05, 3.63) is 59.7 Å². The minimum Gasteiger partial charge on any atom is -0.384 e. The Kier molecular flexibility index (Phi) is 6.15. The average molecular weight is 301 g/mol. The zero-order valence-corrected chi connectivity index (χ0v) is 13.7. The topological polar surface area (TPSA) is 21.3 Å². The first kappa shape index (κ1) is 15.9. The molecule has 2 rings (SSSR count). The number of benzene rings is 2. The second-order valence-electron chi connectivity index (χ2n) is 5.04. The van der Waals surface area contributed by atoms with Crippen molar-refractivity contribution in [1.29, 1.82) is 0 Å². The van der Waals surface area contributed by atoms with E-state index >= 15 is 0 Å². The second kappa shape index (κ2) is 8.11. The monoisotopic (exact) mass is 301 g/mol. The van der Waals surface area contributed by atoms with Crippen LogP contribution < -0.4 is 5.32 Å². The van der Waals surface area contributed by atoms with Gasteiger partial charge in [-0.25, -0.2) is 0 Å². The van der Waals surface area contributed by atoms with Crippen LogP contribution in [-0.4, -0.2) is 20.0 Å². The maximum atomic E-state index is 5.19. The number of methoxy groups -OCH3 is 1. The summed E-state index contributed by atoms with van der Waals surface area (Å²) in [5.41, 5.74) is 3.79. The molecule has 0 amide bonds. The fourth-order valence-corrected chi connectivity index (χ4v) is 2.71. The van der Waals surface area contributed by atoms with E-state index in [-0.39, 0.29) is 6.04 Å². The number of hydrogen-bond donors (Lipinski definition) is 1. The van der Waals surface area contributed by atoms with Gasteiger partial charge in [0, 0.05) is 23.7 Å². The van der Waals surface area contributed by atoms with Gasteiger partial charge in [-0.1, -0.05) is 30.3 Å². The van der Waals surface area contributed by atoms with Gasteiger partial charge in [-0.05, 0) is 48.9 Å². The first-order chi connectivity index (χ1) is 10.2. The Hall–Kier alpha value is -1.45. The van der Waals surface area contributed by atoms with E-state index in [0.717, 1.165) is 13.0 Å². The maximum absolute atomic E-state index is 5.19. The standard InChI is InChI=1S/C18H23NOS/c1-14(15-8-10-17(21-3)11-9-15)19-18-7-5-4-6-16(18)12-13-20-2/h4-11,14,19H,12-13H2,1-3H3. The van der Waals surface area contributed by atoms with Gasteiger partial charge in [0.25, 0.3) is 0 Å². The highest BCUT2D eigenvalue weighted by atomic mass is 32.2. The molecule has 112 valence electrons. The Morgan fingerprint density at radius 3 is 2.48 bits per heavy atom. The van der Waals surface area contributed by atoms with Gasteiger partial charge in [0.05, 0.1) is 6.61 Å². The number of para-hydroxylation sites is 1. The van der Waals surface area contributed by atoms with E-state index in [1.165, 1.54) is 21.7 Å². The average Bonchev–Trinajstić information content (AvgIpc) is 2.54. The van der Waals surface area contributed by atoms with Crippen LogP contribution in [0, 0.1) is 0 Å². The lowest BCUT2D eigenvalue weighted by atomic mass is 10.1. The van der Waals surface area contributed by atoms with Crippen LogP contribution in [0.1, 0.15) is 24.1 Å². The van der Waals surface area contributed by atoms with Crippen LogP contribution in [0.3, 0.4) is 0 Å². The molecule has 2 aromatic carbocycles. The number of thioether (sulfide) groups is 1. The minimum absolute atomic E-state index is 0.282. The van der Waals surface area contributed by atoms with Crippen LogP contribution in [-0.2, 0) is 11.2 Å². The molecular formula is C18H23NOS. The Morgan fingerprint density at radius 2 is 1.81 bits per heavy atom. The van der Waals surface area contributed by atoms with E-state index in [1.807, 2.05) is 0 Å². The highest BCUT2D eigenvalue weighted by Crippen LogP contribution is 2.24. The molecule has 0 spiro atoms. The fourth-order valence-electron chi connectivity index (χ4n) is 2.30. The van der Waals surface area contributed by atoms with Crippen molar-refractivity contribution >= 4 is 17.4 Å². The molecule has 0 aliphatic carbocycles. The fraction of sp³-hybridized carbons (Fsp3) is 0.333. The highest BCUT2D eigenvalue weighted by molar-refractivity contribution is 7.98. The van der Waals surface area contributed by atoms with Gasteiger partial charge in [0.1, 0.15) is 0 Å². The summed E-state index contributed by atoms with van der Waals surface area (Å²) in [6, 6.07) is 17.5. The molecule has 0 saturated carbocycles. The molecule has 1 N–H and O–H groups in total. The molecule has 0 heterocycles. The van der Waals surface area contributed by atoms with E-state index in [2.05, 4.69) is 67.0 Å². The summed E-state index contributed by atoms with van der Waals surface area (Å²) < 4.78 is 5.19. The van der Waals surface area contributed by atoms with E-state index in [0.29, 0.717) is 0 Å². The predicted octanol–water partition coefficient (Wildman–Crippen LogP) is 4.77. The van der Waals surface area contributed by atoms with Crippen molar-refractivity contribution < 1.29 is 4.74 Å². The van der Waals surface area contributed by atoms with Crippen LogP contribution in [0.2, 0.25) is 0 Å². The van der Waals surface area contributed by atoms with Crippen molar-refractivity contribution in [1.82, 2.24) is 0 Å². The third-order valence-corrected chi connectivity index (χ3v) is 4.32. The van der Waals surface area contributed by atoms with E-state index in [4.69, 9.17) is 4.74 Å². The summed E-state index contributed by atoms with van der Waals surface area (Å²) >= 11 is 1.77. The highest BCUT2D eigenvalue weighted by Gasteiger charge is 2.08. The van der Waals surface area contributed by atoms with E-state index < -0.39 is 0 Å². The minimum atomic E-state index is 0.282. The third kappa shape index (κ3) is 4.51. The Morgan fingerprint density at radius 1 is 1.10 bits per heavy atom. The molecule has 1 unspecified atom stereocenters. The molecule has 0 bridgehead atoms. The molecule has 0 fully saturated rings. The SMILES string of the molecule is COCCc1ccccc1NC(C)c1ccc(SC)cc1. The molecule has 0 aromatic heterocycles.